The van der Waals surface area contributed by atoms with Crippen molar-refractivity contribution in [2.24, 2.45) is 5.73 Å². The van der Waals surface area contributed by atoms with Crippen LogP contribution in [0.2, 0.25) is 0 Å². The van der Waals surface area contributed by atoms with E-state index in [4.69, 9.17) is 10.2 Å². The standard InChI is InChI=1S/C11H14N2O/c1-7(2)8-4-3-5-9-11(8)14-10(6-12)13-9/h3-5,7H,6,12H2,1-2H3. The second-order valence-electron chi connectivity index (χ2n) is 3.66. The van der Waals surface area contributed by atoms with Crippen molar-refractivity contribution in [2.75, 3.05) is 0 Å². The highest BCUT2D eigenvalue weighted by Gasteiger charge is 2.10. The summed E-state index contributed by atoms with van der Waals surface area (Å²) in [5.74, 6) is 1.05. The SMILES string of the molecule is CC(C)c1cccc2nc(CN)oc12. The van der Waals surface area contributed by atoms with Gasteiger partial charge < -0.3 is 10.2 Å². The number of fused-ring (bicyclic) bond motifs is 1. The number of nitrogens with zero attached hydrogens (tertiary/aromatic N) is 1. The third kappa shape index (κ3) is 1.40. The van der Waals surface area contributed by atoms with Gasteiger partial charge in [-0.25, -0.2) is 4.98 Å². The average Bonchev–Trinajstić information content (AvgIpc) is 2.59. The Kier molecular flexibility index (Phi) is 2.25. The maximum atomic E-state index is 5.57. The highest BCUT2D eigenvalue weighted by Crippen LogP contribution is 2.25. The van der Waals surface area contributed by atoms with Gasteiger partial charge in [-0.1, -0.05) is 26.0 Å². The van der Waals surface area contributed by atoms with Gasteiger partial charge >= 0.3 is 0 Å². The highest BCUT2D eigenvalue weighted by molar-refractivity contribution is 5.76. The van der Waals surface area contributed by atoms with Crippen molar-refractivity contribution in [1.29, 1.82) is 0 Å². The van der Waals surface area contributed by atoms with E-state index in [2.05, 4.69) is 24.9 Å². The molecular formula is C11H14N2O. The highest BCUT2D eigenvalue weighted by atomic mass is 16.3. The minimum absolute atomic E-state index is 0.353. The van der Waals surface area contributed by atoms with Crippen molar-refractivity contribution in [3.63, 3.8) is 0 Å². The zero-order valence-electron chi connectivity index (χ0n) is 8.45. The summed E-state index contributed by atoms with van der Waals surface area (Å²) in [6, 6.07) is 6.02. The Labute approximate surface area is 82.9 Å². The predicted molar refractivity (Wildman–Crippen MR) is 56.0 cm³/mol. The van der Waals surface area contributed by atoms with Crippen molar-refractivity contribution in [3.05, 3.63) is 29.7 Å². The fraction of sp³-hybridized carbons (Fsp3) is 0.364. The molecule has 0 saturated heterocycles. The van der Waals surface area contributed by atoms with Gasteiger partial charge in [-0.2, -0.15) is 0 Å². The zero-order valence-corrected chi connectivity index (χ0v) is 8.45. The van der Waals surface area contributed by atoms with Gasteiger partial charge in [0.05, 0.1) is 6.54 Å². The predicted octanol–water partition coefficient (Wildman–Crippen LogP) is 2.41. The summed E-state index contributed by atoms with van der Waals surface area (Å²) in [4.78, 5) is 4.28. The van der Waals surface area contributed by atoms with Gasteiger partial charge in [-0.3, -0.25) is 0 Å². The van der Waals surface area contributed by atoms with Crippen molar-refractivity contribution in [2.45, 2.75) is 26.3 Å². The van der Waals surface area contributed by atoms with Gasteiger partial charge in [0.25, 0.3) is 0 Å². The van der Waals surface area contributed by atoms with Gasteiger partial charge in [0.2, 0.25) is 5.89 Å². The molecule has 0 unspecified atom stereocenters. The van der Waals surface area contributed by atoms with Crippen LogP contribution in [0.25, 0.3) is 11.1 Å². The number of benzene rings is 1. The minimum Gasteiger partial charge on any atom is -0.439 e. The molecule has 2 rings (SSSR count). The summed E-state index contributed by atoms with van der Waals surface area (Å²) in [7, 11) is 0. The lowest BCUT2D eigenvalue weighted by Crippen LogP contribution is -1.94. The minimum atomic E-state index is 0.353. The van der Waals surface area contributed by atoms with Crippen LogP contribution in [-0.4, -0.2) is 4.98 Å². The smallest absolute Gasteiger partial charge is 0.209 e. The van der Waals surface area contributed by atoms with E-state index in [0.717, 1.165) is 11.1 Å². The number of para-hydroxylation sites is 1. The second-order valence-corrected chi connectivity index (χ2v) is 3.66. The average molecular weight is 190 g/mol. The number of rotatable bonds is 2. The topological polar surface area (TPSA) is 52.0 Å². The third-order valence-corrected chi connectivity index (χ3v) is 2.29. The number of hydrogen-bond donors (Lipinski definition) is 1. The molecule has 3 heteroatoms. The van der Waals surface area contributed by atoms with Crippen LogP contribution in [0.3, 0.4) is 0 Å². The van der Waals surface area contributed by atoms with Crippen molar-refractivity contribution < 1.29 is 4.42 Å². The third-order valence-electron chi connectivity index (χ3n) is 2.29. The summed E-state index contributed by atoms with van der Waals surface area (Å²) in [6.45, 7) is 4.63. The molecule has 2 aromatic rings. The molecule has 0 bridgehead atoms. The van der Waals surface area contributed by atoms with Gasteiger partial charge in [0.1, 0.15) is 5.52 Å². The molecule has 0 aliphatic carbocycles. The van der Waals surface area contributed by atoms with Crippen LogP contribution in [-0.2, 0) is 6.54 Å². The molecule has 74 valence electrons. The Bertz CT molecular complexity index is 445. The molecule has 0 spiro atoms. The Balaban J connectivity index is 2.66. The first-order valence-electron chi connectivity index (χ1n) is 4.80. The Morgan fingerprint density at radius 3 is 2.86 bits per heavy atom. The van der Waals surface area contributed by atoms with E-state index in [1.54, 1.807) is 0 Å². The molecule has 2 N–H and O–H groups in total. The summed E-state index contributed by atoms with van der Waals surface area (Å²) >= 11 is 0. The first-order valence-corrected chi connectivity index (χ1v) is 4.80. The number of hydrogen-bond acceptors (Lipinski definition) is 3. The lowest BCUT2D eigenvalue weighted by Gasteiger charge is -2.03. The molecule has 0 aliphatic rings. The van der Waals surface area contributed by atoms with Gasteiger partial charge in [-0.05, 0) is 17.5 Å². The fourth-order valence-corrected chi connectivity index (χ4v) is 1.56. The molecule has 1 aromatic heterocycles. The molecule has 0 radical (unpaired) electrons. The summed E-state index contributed by atoms with van der Waals surface area (Å²) in [5.41, 5.74) is 8.45. The van der Waals surface area contributed by atoms with E-state index >= 15 is 0 Å². The van der Waals surface area contributed by atoms with Crippen molar-refractivity contribution in [3.8, 4) is 0 Å². The van der Waals surface area contributed by atoms with Gasteiger partial charge in [-0.15, -0.1) is 0 Å². The normalized spacial score (nSPS) is 11.4. The molecule has 0 amide bonds. The molecule has 14 heavy (non-hydrogen) atoms. The van der Waals surface area contributed by atoms with Crippen molar-refractivity contribution >= 4 is 11.1 Å². The first kappa shape index (κ1) is 9.21. The second kappa shape index (κ2) is 3.42. The fourth-order valence-electron chi connectivity index (χ4n) is 1.56. The molecule has 1 heterocycles. The molecule has 0 saturated carbocycles. The molecule has 1 aromatic carbocycles. The summed E-state index contributed by atoms with van der Waals surface area (Å²) in [6.07, 6.45) is 0. The molecule has 0 fully saturated rings. The summed E-state index contributed by atoms with van der Waals surface area (Å²) in [5, 5.41) is 0. The summed E-state index contributed by atoms with van der Waals surface area (Å²) < 4.78 is 5.57. The van der Waals surface area contributed by atoms with E-state index < -0.39 is 0 Å². The Morgan fingerprint density at radius 2 is 2.21 bits per heavy atom. The molecule has 0 aliphatic heterocycles. The van der Waals surface area contributed by atoms with Crippen LogP contribution in [0, 0.1) is 0 Å². The number of nitrogens with two attached hydrogens (primary N) is 1. The number of aromatic nitrogens is 1. The largest absolute Gasteiger partial charge is 0.439 e. The van der Waals surface area contributed by atoms with E-state index in [0.29, 0.717) is 18.4 Å². The van der Waals surface area contributed by atoms with Crippen LogP contribution in [0.15, 0.2) is 22.6 Å². The number of oxazole rings is 1. The monoisotopic (exact) mass is 190 g/mol. The molecule has 0 atom stereocenters. The van der Waals surface area contributed by atoms with Crippen LogP contribution in [0.1, 0.15) is 31.2 Å². The molecular weight excluding hydrogens is 176 g/mol. The van der Waals surface area contributed by atoms with Gasteiger partial charge in [0.15, 0.2) is 5.58 Å². The zero-order chi connectivity index (χ0) is 10.1. The van der Waals surface area contributed by atoms with Gasteiger partial charge in [0, 0.05) is 0 Å². The van der Waals surface area contributed by atoms with Crippen LogP contribution >= 0.6 is 0 Å². The van der Waals surface area contributed by atoms with E-state index in [-0.39, 0.29) is 0 Å². The van der Waals surface area contributed by atoms with Crippen LogP contribution < -0.4 is 5.73 Å². The van der Waals surface area contributed by atoms with Crippen LogP contribution in [0.5, 0.6) is 0 Å². The molecule has 3 nitrogen and oxygen atoms in total. The van der Waals surface area contributed by atoms with Crippen molar-refractivity contribution in [1.82, 2.24) is 4.98 Å². The van der Waals surface area contributed by atoms with Crippen LogP contribution in [0.4, 0.5) is 0 Å². The van der Waals surface area contributed by atoms with E-state index in [1.165, 1.54) is 5.56 Å². The first-order chi connectivity index (χ1) is 6.72. The maximum Gasteiger partial charge on any atom is 0.209 e. The maximum absolute atomic E-state index is 5.57. The van der Waals surface area contributed by atoms with E-state index in [1.807, 2.05) is 12.1 Å². The quantitative estimate of drug-likeness (QED) is 0.791. The lowest BCUT2D eigenvalue weighted by atomic mass is 10.0. The Hall–Kier alpha value is -1.35. The van der Waals surface area contributed by atoms with E-state index in [9.17, 15) is 0 Å². The lowest BCUT2D eigenvalue weighted by molar-refractivity contribution is 0.528. The Morgan fingerprint density at radius 1 is 1.43 bits per heavy atom.